The van der Waals surface area contributed by atoms with Crippen molar-refractivity contribution in [2.24, 2.45) is 0 Å². The van der Waals surface area contributed by atoms with E-state index in [1.54, 1.807) is 42.7 Å². The monoisotopic (exact) mass is 660 g/mol. The lowest BCUT2D eigenvalue weighted by Gasteiger charge is -2.24. The Kier molecular flexibility index (Phi) is 27.7. The summed E-state index contributed by atoms with van der Waals surface area (Å²) in [4.78, 5) is 23.5. The quantitative estimate of drug-likeness (QED) is 0.0251. The lowest BCUT2D eigenvalue weighted by Crippen LogP contribution is -2.42. The van der Waals surface area contributed by atoms with Crippen LogP contribution < -0.4 is 0 Å². The van der Waals surface area contributed by atoms with Crippen LogP contribution in [0.2, 0.25) is 12.1 Å². The van der Waals surface area contributed by atoms with E-state index in [0.717, 1.165) is 88.4 Å². The van der Waals surface area contributed by atoms with E-state index in [-0.39, 0.29) is 0 Å². The summed E-state index contributed by atoms with van der Waals surface area (Å²) in [5.74, 6) is -1.22. The Bertz CT molecular complexity index is 715. The number of esters is 2. The standard InChI is InChI=1S/C32H60O10Si2/c1-35-43(36-2,37-3)29-23-19-15-11-7-9-13-17-21-27-41-31(33)25-26-32(34)42-28-22-18-14-10-8-12-16-20-24-30-44(38-4,39-5)40-6/h21-22,25-28H,7-20,23-24,29-30H2,1-6H3/b26-25+,27-21+,28-22+. The Morgan fingerprint density at radius 3 is 1.00 bits per heavy atom. The number of allylic oxidation sites excluding steroid dienone is 2. The average Bonchev–Trinajstić information content (AvgIpc) is 3.05. The van der Waals surface area contributed by atoms with Crippen molar-refractivity contribution in [2.75, 3.05) is 42.7 Å². The predicted molar refractivity (Wildman–Crippen MR) is 177 cm³/mol. The van der Waals surface area contributed by atoms with Gasteiger partial charge in [-0.15, -0.1) is 0 Å². The van der Waals surface area contributed by atoms with Gasteiger partial charge in [0.15, 0.2) is 0 Å². The van der Waals surface area contributed by atoms with Gasteiger partial charge in [-0.25, -0.2) is 9.59 Å². The molecule has 0 aliphatic heterocycles. The molecular formula is C32H60O10Si2. The molecule has 0 saturated carbocycles. The summed E-state index contributed by atoms with van der Waals surface area (Å²) in [5.41, 5.74) is 0. The predicted octanol–water partition coefficient (Wildman–Crippen LogP) is 7.65. The maximum absolute atomic E-state index is 11.8. The van der Waals surface area contributed by atoms with E-state index >= 15 is 0 Å². The molecule has 0 amide bonds. The first-order chi connectivity index (χ1) is 21.4. The lowest BCUT2D eigenvalue weighted by atomic mass is 10.1. The van der Waals surface area contributed by atoms with Gasteiger partial charge in [0.05, 0.1) is 12.5 Å². The molecule has 0 saturated heterocycles. The molecule has 0 N–H and O–H groups in total. The molecule has 0 spiro atoms. The summed E-state index contributed by atoms with van der Waals surface area (Å²) in [6.07, 6.45) is 26.1. The van der Waals surface area contributed by atoms with Crippen LogP contribution in [0.5, 0.6) is 0 Å². The summed E-state index contributed by atoms with van der Waals surface area (Å²) < 4.78 is 42.6. The van der Waals surface area contributed by atoms with Gasteiger partial charge >= 0.3 is 29.5 Å². The molecule has 0 rings (SSSR count). The Hall–Kier alpha value is -1.65. The van der Waals surface area contributed by atoms with E-state index < -0.39 is 29.5 Å². The molecule has 44 heavy (non-hydrogen) atoms. The zero-order valence-electron chi connectivity index (χ0n) is 28.3. The highest BCUT2D eigenvalue weighted by atomic mass is 28.4. The third-order valence-electron chi connectivity index (χ3n) is 7.49. The molecule has 0 aromatic heterocycles. The molecule has 0 aliphatic carbocycles. The number of rotatable bonds is 30. The Morgan fingerprint density at radius 2 is 0.705 bits per heavy atom. The second-order valence-electron chi connectivity index (χ2n) is 10.6. The normalized spacial score (nSPS) is 12.6. The highest BCUT2D eigenvalue weighted by molar-refractivity contribution is 6.60. The second-order valence-corrected chi connectivity index (χ2v) is 16.8. The van der Waals surface area contributed by atoms with Gasteiger partial charge in [0, 0.05) is 66.9 Å². The molecule has 0 aromatic rings. The lowest BCUT2D eigenvalue weighted by molar-refractivity contribution is -0.135. The smallest absolute Gasteiger partial charge is 0.432 e. The van der Waals surface area contributed by atoms with Crippen molar-refractivity contribution in [3.8, 4) is 0 Å². The number of carbonyl (C=O) groups is 2. The Labute approximate surface area is 269 Å². The number of unbranched alkanes of at least 4 members (excludes halogenated alkanes) is 14. The maximum Gasteiger partial charge on any atom is 0.500 e. The molecule has 0 bridgehead atoms. The van der Waals surface area contributed by atoms with E-state index in [0.29, 0.717) is 0 Å². The van der Waals surface area contributed by atoms with Crippen LogP contribution in [0.25, 0.3) is 0 Å². The van der Waals surface area contributed by atoms with Crippen LogP contribution in [0, 0.1) is 0 Å². The summed E-state index contributed by atoms with van der Waals surface area (Å²) in [6.45, 7) is 0. The van der Waals surface area contributed by atoms with Gasteiger partial charge in [0.1, 0.15) is 0 Å². The second kappa shape index (κ2) is 28.8. The fourth-order valence-corrected chi connectivity index (χ4v) is 8.26. The van der Waals surface area contributed by atoms with Crippen molar-refractivity contribution in [3.05, 3.63) is 36.8 Å². The molecule has 0 unspecified atom stereocenters. The van der Waals surface area contributed by atoms with E-state index in [9.17, 15) is 9.59 Å². The van der Waals surface area contributed by atoms with Gasteiger partial charge in [-0.1, -0.05) is 64.2 Å². The maximum atomic E-state index is 11.8. The highest BCUT2D eigenvalue weighted by Gasteiger charge is 2.37. The van der Waals surface area contributed by atoms with Crippen molar-refractivity contribution in [1.82, 2.24) is 0 Å². The summed E-state index contributed by atoms with van der Waals surface area (Å²) >= 11 is 0. The minimum absolute atomic E-state index is 0.609. The number of carbonyl (C=O) groups excluding carboxylic acids is 2. The van der Waals surface area contributed by atoms with Crippen molar-refractivity contribution < 1.29 is 45.6 Å². The molecule has 0 aromatic carbocycles. The van der Waals surface area contributed by atoms with Gasteiger partial charge in [-0.05, 0) is 50.7 Å². The molecule has 0 heterocycles. The average molecular weight is 661 g/mol. The summed E-state index contributed by atoms with van der Waals surface area (Å²) in [6, 6.07) is 1.69. The van der Waals surface area contributed by atoms with Crippen LogP contribution in [-0.2, 0) is 45.6 Å². The highest BCUT2D eigenvalue weighted by Crippen LogP contribution is 2.19. The van der Waals surface area contributed by atoms with Crippen molar-refractivity contribution in [1.29, 1.82) is 0 Å². The number of hydrogen-bond donors (Lipinski definition) is 0. The SMILES string of the molecule is CO[Si](CCCCCCCCC/C=C/OC(=O)/C=C/C(=O)O/C=C/CCCCCCCCC[Si](OC)(OC)OC)(OC)OC. The van der Waals surface area contributed by atoms with E-state index in [1.807, 2.05) is 12.2 Å². The topological polar surface area (TPSA) is 108 Å². The molecule has 12 heteroatoms. The van der Waals surface area contributed by atoms with Crippen molar-refractivity contribution in [2.45, 2.75) is 115 Å². The largest absolute Gasteiger partial charge is 0.500 e. The zero-order valence-corrected chi connectivity index (χ0v) is 30.3. The van der Waals surface area contributed by atoms with Gasteiger partial charge in [-0.3, -0.25) is 0 Å². The Morgan fingerprint density at radius 1 is 0.432 bits per heavy atom. The van der Waals surface area contributed by atoms with Crippen LogP contribution >= 0.6 is 0 Å². The first-order valence-corrected chi connectivity index (χ1v) is 19.9. The summed E-state index contributed by atoms with van der Waals surface area (Å²) in [7, 11) is 5.04. The van der Waals surface area contributed by atoms with Gasteiger partial charge < -0.3 is 36.0 Å². The minimum Gasteiger partial charge on any atom is -0.432 e. The molecule has 0 aliphatic rings. The third kappa shape index (κ3) is 22.0. The molecule has 0 fully saturated rings. The van der Waals surface area contributed by atoms with Gasteiger partial charge in [0.2, 0.25) is 0 Å². The molecule has 256 valence electrons. The molecular weight excluding hydrogens is 601 g/mol. The van der Waals surface area contributed by atoms with Crippen LogP contribution in [0.1, 0.15) is 103 Å². The molecule has 10 nitrogen and oxygen atoms in total. The van der Waals surface area contributed by atoms with E-state index in [1.165, 1.54) is 51.0 Å². The molecule has 0 radical (unpaired) electrons. The summed E-state index contributed by atoms with van der Waals surface area (Å²) in [5, 5.41) is 0. The Balaban J connectivity index is 3.69. The number of ether oxygens (including phenoxy) is 2. The fourth-order valence-electron chi connectivity index (χ4n) is 4.67. The fraction of sp³-hybridized carbons (Fsp3) is 0.750. The first kappa shape index (κ1) is 42.4. The third-order valence-corrected chi connectivity index (χ3v) is 13.2. The van der Waals surface area contributed by atoms with Crippen molar-refractivity contribution >= 4 is 29.5 Å². The van der Waals surface area contributed by atoms with E-state index in [2.05, 4.69) is 0 Å². The zero-order chi connectivity index (χ0) is 32.8. The first-order valence-electron chi connectivity index (χ1n) is 16.1. The van der Waals surface area contributed by atoms with Gasteiger partial charge in [0.25, 0.3) is 0 Å². The molecule has 0 atom stereocenters. The van der Waals surface area contributed by atoms with Gasteiger partial charge in [-0.2, -0.15) is 0 Å². The van der Waals surface area contributed by atoms with Crippen LogP contribution in [0.3, 0.4) is 0 Å². The van der Waals surface area contributed by atoms with Crippen LogP contribution in [0.4, 0.5) is 0 Å². The van der Waals surface area contributed by atoms with Crippen molar-refractivity contribution in [3.63, 3.8) is 0 Å². The minimum atomic E-state index is -2.43. The van der Waals surface area contributed by atoms with Crippen LogP contribution in [0.15, 0.2) is 36.8 Å². The van der Waals surface area contributed by atoms with Crippen LogP contribution in [-0.4, -0.2) is 72.2 Å². The van der Waals surface area contributed by atoms with E-state index in [4.69, 9.17) is 36.0 Å². The number of hydrogen-bond acceptors (Lipinski definition) is 10.